The average molecular weight is 191 g/mol. The van der Waals surface area contributed by atoms with E-state index in [9.17, 15) is 0 Å². The molecule has 0 aliphatic carbocycles. The molecule has 0 saturated heterocycles. The zero-order valence-electron chi connectivity index (χ0n) is 8.23. The van der Waals surface area contributed by atoms with Crippen LogP contribution in [0.25, 0.3) is 0 Å². The van der Waals surface area contributed by atoms with Gasteiger partial charge in [0.2, 0.25) is 0 Å². The molecule has 2 nitrogen and oxygen atoms in total. The predicted octanol–water partition coefficient (Wildman–Crippen LogP) is 1.67. The Labute approximate surface area is 80.6 Å². The van der Waals surface area contributed by atoms with Gasteiger partial charge < -0.3 is 10.2 Å². The van der Waals surface area contributed by atoms with E-state index in [2.05, 4.69) is 37.8 Å². The molecule has 0 saturated carbocycles. The number of rotatable bonds is 6. The Hall–Kier alpha value is -0.0500. The molecule has 1 atom stereocenters. The normalized spacial score (nSPS) is 13.4. The summed E-state index contributed by atoms with van der Waals surface area (Å²) < 4.78 is 0. The minimum Gasteiger partial charge on any atom is -0.309 e. The molecule has 0 aliphatic heterocycles. The molecule has 0 aromatic heterocycles. The van der Waals surface area contributed by atoms with Crippen molar-refractivity contribution in [2.45, 2.75) is 19.4 Å². The van der Waals surface area contributed by atoms with Crippen molar-refractivity contribution in [3.05, 3.63) is 11.6 Å². The van der Waals surface area contributed by atoms with Gasteiger partial charge in [-0.3, -0.25) is 0 Å². The van der Waals surface area contributed by atoms with Gasteiger partial charge in [-0.15, -0.1) is 0 Å². The van der Waals surface area contributed by atoms with Gasteiger partial charge in [0, 0.05) is 17.6 Å². The van der Waals surface area contributed by atoms with Gasteiger partial charge >= 0.3 is 0 Å². The van der Waals surface area contributed by atoms with Crippen LogP contribution in [0.15, 0.2) is 11.6 Å². The first-order chi connectivity index (χ1) is 5.52. The first kappa shape index (κ1) is 11.9. The molecular weight excluding hydrogens is 172 g/mol. The molecule has 12 heavy (non-hydrogen) atoms. The number of nitrogens with zero attached hydrogens (tertiary/aromatic N) is 1. The van der Waals surface area contributed by atoms with Crippen LogP contribution < -0.4 is 5.32 Å². The van der Waals surface area contributed by atoms with E-state index >= 15 is 0 Å². The Morgan fingerprint density at radius 2 is 2.17 bits per heavy atom. The van der Waals surface area contributed by atoms with Gasteiger partial charge in [-0.25, -0.2) is 0 Å². The zero-order valence-corrected chi connectivity index (χ0v) is 8.99. The van der Waals surface area contributed by atoms with Crippen LogP contribution in [0.2, 0.25) is 0 Å². The van der Waals surface area contributed by atoms with Crippen LogP contribution in [-0.2, 0) is 0 Å². The fourth-order valence-electron chi connectivity index (χ4n) is 0.839. The molecule has 0 rings (SSSR count). The summed E-state index contributed by atoms with van der Waals surface area (Å²) in [6.07, 6.45) is 1.14. The van der Waals surface area contributed by atoms with Crippen LogP contribution in [0.1, 0.15) is 13.3 Å². The fraction of sp³-hybridized carbons (Fsp3) is 0.778. The van der Waals surface area contributed by atoms with Crippen LogP contribution in [-0.4, -0.2) is 38.1 Å². The largest absolute Gasteiger partial charge is 0.309 e. The third-order valence-electron chi connectivity index (χ3n) is 1.65. The van der Waals surface area contributed by atoms with Crippen LogP contribution in [0.3, 0.4) is 0 Å². The third-order valence-corrected chi connectivity index (χ3v) is 1.79. The molecule has 1 N–H and O–H groups in total. The van der Waals surface area contributed by atoms with Gasteiger partial charge in [0.1, 0.15) is 0 Å². The molecule has 0 amide bonds. The second-order valence-corrected chi connectivity index (χ2v) is 3.93. The lowest BCUT2D eigenvalue weighted by Gasteiger charge is -2.16. The second-order valence-electron chi connectivity index (χ2n) is 3.39. The molecule has 3 heteroatoms. The third kappa shape index (κ3) is 8.05. The molecule has 1 unspecified atom stereocenters. The van der Waals surface area contributed by atoms with Gasteiger partial charge in [-0.05, 0) is 34.0 Å². The van der Waals surface area contributed by atoms with E-state index in [-0.39, 0.29) is 0 Å². The summed E-state index contributed by atoms with van der Waals surface area (Å²) in [5, 5.41) is 3.95. The lowest BCUT2D eigenvalue weighted by atomic mass is 10.2. The Balaban J connectivity index is 3.33. The first-order valence-electron chi connectivity index (χ1n) is 4.23. The van der Waals surface area contributed by atoms with E-state index in [0.717, 1.165) is 13.0 Å². The minimum atomic E-state index is 0.503. The van der Waals surface area contributed by atoms with Gasteiger partial charge in [0.15, 0.2) is 0 Å². The SMILES string of the molecule is C=C(Cl)CNC(C)CCN(C)C. The highest BCUT2D eigenvalue weighted by molar-refractivity contribution is 6.29. The van der Waals surface area contributed by atoms with Crippen molar-refractivity contribution in [1.29, 1.82) is 0 Å². The van der Waals surface area contributed by atoms with Gasteiger partial charge in [-0.2, -0.15) is 0 Å². The highest BCUT2D eigenvalue weighted by atomic mass is 35.5. The van der Waals surface area contributed by atoms with Gasteiger partial charge in [-0.1, -0.05) is 18.2 Å². The van der Waals surface area contributed by atoms with Crippen LogP contribution >= 0.6 is 11.6 Å². The summed E-state index contributed by atoms with van der Waals surface area (Å²) >= 11 is 5.62. The molecule has 0 radical (unpaired) electrons. The van der Waals surface area contributed by atoms with E-state index in [0.29, 0.717) is 17.6 Å². The molecule has 0 aromatic carbocycles. The number of halogens is 1. The van der Waals surface area contributed by atoms with Crippen molar-refractivity contribution in [3.8, 4) is 0 Å². The molecule has 0 heterocycles. The molecular formula is C9H19ClN2. The smallest absolute Gasteiger partial charge is 0.0309 e. The quantitative estimate of drug-likeness (QED) is 0.686. The number of hydrogen-bond donors (Lipinski definition) is 1. The molecule has 0 fully saturated rings. The molecule has 72 valence electrons. The lowest BCUT2D eigenvalue weighted by molar-refractivity contribution is 0.370. The first-order valence-corrected chi connectivity index (χ1v) is 4.61. The zero-order chi connectivity index (χ0) is 9.56. The maximum atomic E-state index is 5.62. The van der Waals surface area contributed by atoms with E-state index in [1.54, 1.807) is 0 Å². The summed E-state index contributed by atoms with van der Waals surface area (Å²) in [5.41, 5.74) is 0. The number of nitrogens with one attached hydrogen (secondary N) is 1. The van der Waals surface area contributed by atoms with E-state index < -0.39 is 0 Å². The van der Waals surface area contributed by atoms with Crippen molar-refractivity contribution in [3.63, 3.8) is 0 Å². The number of hydrogen-bond acceptors (Lipinski definition) is 2. The summed E-state index contributed by atoms with van der Waals surface area (Å²) in [5.74, 6) is 0. The van der Waals surface area contributed by atoms with Crippen LogP contribution in [0, 0.1) is 0 Å². The maximum Gasteiger partial charge on any atom is 0.0309 e. The van der Waals surface area contributed by atoms with E-state index in [1.807, 2.05) is 0 Å². The van der Waals surface area contributed by atoms with Crippen molar-refractivity contribution < 1.29 is 0 Å². The van der Waals surface area contributed by atoms with Crippen molar-refractivity contribution in [1.82, 2.24) is 10.2 Å². The summed E-state index contributed by atoms with van der Waals surface area (Å²) in [4.78, 5) is 2.17. The Bertz CT molecular complexity index is 134. The van der Waals surface area contributed by atoms with E-state index in [4.69, 9.17) is 11.6 Å². The predicted molar refractivity (Wildman–Crippen MR) is 55.6 cm³/mol. The standard InChI is InChI=1S/C9H19ClN2/c1-8(10)7-11-9(2)5-6-12(3)4/h9,11H,1,5-7H2,2-4H3. The van der Waals surface area contributed by atoms with Crippen molar-refractivity contribution >= 4 is 11.6 Å². The van der Waals surface area contributed by atoms with Crippen LogP contribution in [0.5, 0.6) is 0 Å². The Morgan fingerprint density at radius 1 is 1.58 bits per heavy atom. The van der Waals surface area contributed by atoms with Gasteiger partial charge in [0.25, 0.3) is 0 Å². The highest BCUT2D eigenvalue weighted by Crippen LogP contribution is 1.96. The van der Waals surface area contributed by atoms with Crippen molar-refractivity contribution in [2.24, 2.45) is 0 Å². The molecule has 0 spiro atoms. The lowest BCUT2D eigenvalue weighted by Crippen LogP contribution is -2.30. The second kappa shape index (κ2) is 6.46. The summed E-state index contributed by atoms with van der Waals surface area (Å²) in [6, 6.07) is 0.503. The maximum absolute atomic E-state index is 5.62. The Kier molecular flexibility index (Phi) is 6.44. The highest BCUT2D eigenvalue weighted by Gasteiger charge is 2.01. The fourth-order valence-corrected chi connectivity index (χ4v) is 0.916. The van der Waals surface area contributed by atoms with Gasteiger partial charge in [0.05, 0.1) is 0 Å². The van der Waals surface area contributed by atoms with Crippen molar-refractivity contribution in [2.75, 3.05) is 27.2 Å². The summed E-state index contributed by atoms with van der Waals surface area (Å²) in [6.45, 7) is 7.58. The molecule has 0 aliphatic rings. The van der Waals surface area contributed by atoms with E-state index in [1.165, 1.54) is 0 Å². The molecule has 0 bridgehead atoms. The summed E-state index contributed by atoms with van der Waals surface area (Å²) in [7, 11) is 4.15. The van der Waals surface area contributed by atoms with Crippen LogP contribution in [0.4, 0.5) is 0 Å². The monoisotopic (exact) mass is 190 g/mol. The average Bonchev–Trinajstić information content (AvgIpc) is 1.96. The topological polar surface area (TPSA) is 15.3 Å². The Morgan fingerprint density at radius 3 is 2.58 bits per heavy atom. The minimum absolute atomic E-state index is 0.503. The molecule has 0 aromatic rings.